The van der Waals surface area contributed by atoms with Crippen molar-refractivity contribution in [2.24, 2.45) is 5.92 Å². The van der Waals surface area contributed by atoms with Crippen molar-refractivity contribution >= 4 is 26.0 Å². The van der Waals surface area contributed by atoms with Crippen molar-refractivity contribution in [1.29, 1.82) is 0 Å². The number of nitrogens with zero attached hydrogens (tertiary/aromatic N) is 1. The van der Waals surface area contributed by atoms with Gasteiger partial charge in [-0.3, -0.25) is 0 Å². The summed E-state index contributed by atoms with van der Waals surface area (Å²) in [6, 6.07) is 5.56. The van der Waals surface area contributed by atoms with Gasteiger partial charge in [-0.15, -0.1) is 0 Å². The van der Waals surface area contributed by atoms with Gasteiger partial charge in [-0.2, -0.15) is 4.31 Å². The van der Waals surface area contributed by atoms with Crippen LogP contribution in [-0.2, 0) is 10.0 Å². The Balaban J connectivity index is 1.91. The van der Waals surface area contributed by atoms with Gasteiger partial charge in [0.05, 0.1) is 4.90 Å². The summed E-state index contributed by atoms with van der Waals surface area (Å²) in [6.45, 7) is 2.61. The highest BCUT2D eigenvalue weighted by atomic mass is 79.9. The molecule has 0 bridgehead atoms. The van der Waals surface area contributed by atoms with Crippen molar-refractivity contribution in [3.8, 4) is 0 Å². The van der Waals surface area contributed by atoms with Gasteiger partial charge in [0.1, 0.15) is 0 Å². The molecule has 1 heterocycles. The predicted octanol–water partition coefficient (Wildman–Crippen LogP) is 4.10. The highest BCUT2D eigenvalue weighted by Crippen LogP contribution is 2.38. The fraction of sp³-hybridized carbons (Fsp3) is 0.625. The summed E-state index contributed by atoms with van der Waals surface area (Å²) in [4.78, 5) is 0.438. The lowest BCUT2D eigenvalue weighted by Crippen LogP contribution is -2.39. The van der Waals surface area contributed by atoms with E-state index in [0.29, 0.717) is 17.4 Å². The van der Waals surface area contributed by atoms with Crippen LogP contribution in [0.4, 0.5) is 0 Å². The van der Waals surface area contributed by atoms with E-state index in [4.69, 9.17) is 0 Å². The van der Waals surface area contributed by atoms with Gasteiger partial charge in [0.25, 0.3) is 0 Å². The molecule has 2 aliphatic rings. The van der Waals surface area contributed by atoms with Crippen LogP contribution in [0.25, 0.3) is 0 Å². The Morgan fingerprint density at radius 1 is 1.14 bits per heavy atom. The van der Waals surface area contributed by atoms with Gasteiger partial charge in [0.15, 0.2) is 0 Å². The van der Waals surface area contributed by atoms with Gasteiger partial charge < -0.3 is 0 Å². The molecule has 116 valence electrons. The topological polar surface area (TPSA) is 37.4 Å². The van der Waals surface area contributed by atoms with Crippen LogP contribution in [0.5, 0.6) is 0 Å². The number of hydrogen-bond donors (Lipinski definition) is 0. The third kappa shape index (κ3) is 2.92. The summed E-state index contributed by atoms with van der Waals surface area (Å²) in [5.41, 5.74) is 0.965. The second kappa shape index (κ2) is 6.01. The van der Waals surface area contributed by atoms with E-state index in [2.05, 4.69) is 15.9 Å². The lowest BCUT2D eigenvalue weighted by Gasteiger charge is -2.28. The van der Waals surface area contributed by atoms with Crippen molar-refractivity contribution in [1.82, 2.24) is 4.31 Å². The van der Waals surface area contributed by atoms with Gasteiger partial charge >= 0.3 is 0 Å². The lowest BCUT2D eigenvalue weighted by molar-refractivity contribution is 0.288. The summed E-state index contributed by atoms with van der Waals surface area (Å²) < 4.78 is 28.7. The standard InChI is InChI=1S/C16H22BrNO2S/c1-12-11-14(8-9-15(12)17)21(19,20)18-10-4-7-16(18)13-5-2-3-6-13/h8-9,11,13,16H,2-7,10H2,1H3. The van der Waals surface area contributed by atoms with Crippen LogP contribution < -0.4 is 0 Å². The van der Waals surface area contributed by atoms with E-state index in [9.17, 15) is 8.42 Å². The van der Waals surface area contributed by atoms with E-state index in [1.165, 1.54) is 25.7 Å². The van der Waals surface area contributed by atoms with Crippen molar-refractivity contribution in [3.05, 3.63) is 28.2 Å². The van der Waals surface area contributed by atoms with E-state index in [1.54, 1.807) is 16.4 Å². The molecule has 1 aliphatic carbocycles. The minimum Gasteiger partial charge on any atom is -0.207 e. The molecule has 3 nitrogen and oxygen atoms in total. The van der Waals surface area contributed by atoms with Crippen LogP contribution in [0.2, 0.25) is 0 Å². The molecule has 21 heavy (non-hydrogen) atoms. The normalized spacial score (nSPS) is 24.8. The van der Waals surface area contributed by atoms with Gasteiger partial charge in [0.2, 0.25) is 10.0 Å². The summed E-state index contributed by atoms with van der Waals surface area (Å²) in [7, 11) is -3.35. The zero-order valence-electron chi connectivity index (χ0n) is 12.4. The Hall–Kier alpha value is -0.390. The van der Waals surface area contributed by atoms with Gasteiger partial charge in [-0.05, 0) is 62.3 Å². The molecule has 1 saturated heterocycles. The maximum absolute atomic E-state index is 13.0. The maximum atomic E-state index is 13.0. The number of hydrogen-bond acceptors (Lipinski definition) is 2. The molecule has 1 aromatic carbocycles. The van der Waals surface area contributed by atoms with Crippen LogP contribution in [0.3, 0.4) is 0 Å². The molecule has 1 aliphatic heterocycles. The van der Waals surface area contributed by atoms with Crippen LogP contribution in [-0.4, -0.2) is 25.3 Å². The molecule has 0 spiro atoms. The average Bonchev–Trinajstić information content (AvgIpc) is 3.11. The van der Waals surface area contributed by atoms with Crippen molar-refractivity contribution < 1.29 is 8.42 Å². The zero-order chi connectivity index (χ0) is 15.0. The van der Waals surface area contributed by atoms with Crippen LogP contribution in [0.15, 0.2) is 27.6 Å². The minimum atomic E-state index is -3.35. The molecule has 0 radical (unpaired) electrons. The fourth-order valence-corrected chi connectivity index (χ4v) is 5.88. The number of sulfonamides is 1. The lowest BCUT2D eigenvalue weighted by atomic mass is 9.97. The van der Waals surface area contributed by atoms with E-state index in [-0.39, 0.29) is 6.04 Å². The van der Waals surface area contributed by atoms with Crippen LogP contribution in [0.1, 0.15) is 44.1 Å². The average molecular weight is 372 g/mol. The summed E-state index contributed by atoms with van der Waals surface area (Å²) in [5.74, 6) is 0.568. The van der Waals surface area contributed by atoms with Gasteiger partial charge in [0, 0.05) is 17.1 Å². The first-order valence-corrected chi connectivity index (χ1v) is 10.0. The van der Waals surface area contributed by atoms with E-state index in [1.807, 2.05) is 13.0 Å². The molecule has 2 fully saturated rings. The van der Waals surface area contributed by atoms with Gasteiger partial charge in [-0.1, -0.05) is 28.8 Å². The fourth-order valence-electron chi connectivity index (χ4n) is 3.79. The molecular weight excluding hydrogens is 350 g/mol. The molecule has 5 heteroatoms. The second-order valence-electron chi connectivity index (χ2n) is 6.28. The Kier molecular flexibility index (Phi) is 4.44. The largest absolute Gasteiger partial charge is 0.243 e. The number of aryl methyl sites for hydroxylation is 1. The molecule has 0 aromatic heterocycles. The Morgan fingerprint density at radius 3 is 2.52 bits per heavy atom. The van der Waals surface area contributed by atoms with E-state index < -0.39 is 10.0 Å². The Bertz CT molecular complexity index is 623. The van der Waals surface area contributed by atoms with Crippen LogP contribution >= 0.6 is 15.9 Å². The van der Waals surface area contributed by atoms with E-state index in [0.717, 1.165) is 22.9 Å². The van der Waals surface area contributed by atoms with Crippen molar-refractivity contribution in [2.75, 3.05) is 6.54 Å². The minimum absolute atomic E-state index is 0.224. The smallest absolute Gasteiger partial charge is 0.207 e. The highest BCUT2D eigenvalue weighted by Gasteiger charge is 2.40. The molecule has 1 unspecified atom stereocenters. The quantitative estimate of drug-likeness (QED) is 0.801. The molecule has 0 N–H and O–H groups in total. The van der Waals surface area contributed by atoms with Crippen molar-refractivity contribution in [3.63, 3.8) is 0 Å². The number of rotatable bonds is 3. The third-order valence-corrected chi connectivity index (χ3v) is 7.74. The molecule has 3 rings (SSSR count). The van der Waals surface area contributed by atoms with Crippen molar-refractivity contribution in [2.45, 2.75) is 56.4 Å². The third-order valence-electron chi connectivity index (χ3n) is 4.93. The molecular formula is C16H22BrNO2S. The molecule has 0 amide bonds. The summed E-state index contributed by atoms with van der Waals surface area (Å²) in [5, 5.41) is 0. The van der Waals surface area contributed by atoms with Crippen LogP contribution in [0, 0.1) is 12.8 Å². The number of halogens is 1. The molecule has 1 atom stereocenters. The predicted molar refractivity (Wildman–Crippen MR) is 87.8 cm³/mol. The first-order valence-electron chi connectivity index (χ1n) is 7.78. The maximum Gasteiger partial charge on any atom is 0.243 e. The SMILES string of the molecule is Cc1cc(S(=O)(=O)N2CCCC2C2CCCC2)ccc1Br. The summed E-state index contributed by atoms with van der Waals surface area (Å²) in [6.07, 6.45) is 6.92. The zero-order valence-corrected chi connectivity index (χ0v) is 14.8. The van der Waals surface area contributed by atoms with E-state index >= 15 is 0 Å². The highest BCUT2D eigenvalue weighted by molar-refractivity contribution is 9.10. The Morgan fingerprint density at radius 2 is 1.86 bits per heavy atom. The summed E-state index contributed by atoms with van der Waals surface area (Å²) >= 11 is 3.44. The second-order valence-corrected chi connectivity index (χ2v) is 9.03. The molecule has 1 aromatic rings. The monoisotopic (exact) mass is 371 g/mol. The first kappa shape index (κ1) is 15.5. The number of benzene rings is 1. The molecule has 1 saturated carbocycles. The Labute approximate surface area is 135 Å². The van der Waals surface area contributed by atoms with Gasteiger partial charge in [-0.25, -0.2) is 8.42 Å². The first-order chi connectivity index (χ1) is 10.00.